The highest BCUT2D eigenvalue weighted by Crippen LogP contribution is 2.26. The standard InChI is InChI=1S/C33H34Cl2N2O2/c1-33(2,3)36-32(39)30(21-23-10-5-4-6-11-23)37(22-24-16-18-28(34)29(35)20-24)31(38)19-17-26-14-9-13-25-12-7-8-15-27(25)26/h4-16,18,20,30H,17,19,21-22H2,1-3H3,(H,36,39)/t30-/m0/s1. The molecule has 4 aromatic carbocycles. The summed E-state index contributed by atoms with van der Waals surface area (Å²) in [6.07, 6.45) is 1.23. The molecule has 39 heavy (non-hydrogen) atoms. The third-order valence-corrected chi connectivity index (χ3v) is 7.33. The Balaban J connectivity index is 1.68. The Hall–Kier alpha value is -3.34. The van der Waals surface area contributed by atoms with Gasteiger partial charge < -0.3 is 10.2 Å². The first kappa shape index (κ1) is 28.7. The molecule has 4 nitrogen and oxygen atoms in total. The number of halogens is 2. The molecule has 1 N–H and O–H groups in total. The van der Waals surface area contributed by atoms with Crippen molar-refractivity contribution in [3.05, 3.63) is 118 Å². The number of aryl methyl sites for hydroxylation is 1. The first-order chi connectivity index (χ1) is 18.6. The summed E-state index contributed by atoms with van der Waals surface area (Å²) in [5.74, 6) is -0.288. The van der Waals surface area contributed by atoms with Crippen molar-refractivity contribution in [2.45, 2.75) is 58.2 Å². The van der Waals surface area contributed by atoms with Crippen LogP contribution in [0.4, 0.5) is 0 Å². The molecule has 202 valence electrons. The normalized spacial score (nSPS) is 12.2. The number of fused-ring (bicyclic) bond motifs is 1. The topological polar surface area (TPSA) is 49.4 Å². The second-order valence-corrected chi connectivity index (χ2v) is 11.7. The largest absolute Gasteiger partial charge is 0.350 e. The summed E-state index contributed by atoms with van der Waals surface area (Å²) in [5, 5.41) is 6.23. The zero-order valence-corrected chi connectivity index (χ0v) is 24.1. The summed E-state index contributed by atoms with van der Waals surface area (Å²) in [4.78, 5) is 29.4. The molecule has 4 rings (SSSR count). The maximum Gasteiger partial charge on any atom is 0.243 e. The van der Waals surface area contributed by atoms with Crippen LogP contribution in [0, 0.1) is 0 Å². The molecular weight excluding hydrogens is 527 g/mol. The Kier molecular flexibility index (Phi) is 9.32. The van der Waals surface area contributed by atoms with E-state index in [4.69, 9.17) is 23.2 Å². The number of hydrogen-bond donors (Lipinski definition) is 1. The predicted octanol–water partition coefficient (Wildman–Crippen LogP) is 7.63. The number of hydrogen-bond acceptors (Lipinski definition) is 2. The number of nitrogens with one attached hydrogen (secondary N) is 1. The lowest BCUT2D eigenvalue weighted by Crippen LogP contribution is -2.54. The van der Waals surface area contributed by atoms with Crippen molar-refractivity contribution >= 4 is 45.8 Å². The molecule has 0 spiro atoms. The highest BCUT2D eigenvalue weighted by Gasteiger charge is 2.32. The van der Waals surface area contributed by atoms with Crippen LogP contribution in [0.25, 0.3) is 10.8 Å². The molecule has 0 radical (unpaired) electrons. The Bertz CT molecular complexity index is 1440. The molecule has 0 bridgehead atoms. The van der Waals surface area contributed by atoms with Gasteiger partial charge in [-0.1, -0.05) is 102 Å². The Morgan fingerprint density at radius 1 is 0.821 bits per heavy atom. The van der Waals surface area contributed by atoms with Gasteiger partial charge in [-0.3, -0.25) is 9.59 Å². The second kappa shape index (κ2) is 12.7. The zero-order valence-electron chi connectivity index (χ0n) is 22.6. The number of carbonyl (C=O) groups excluding carboxylic acids is 2. The minimum absolute atomic E-state index is 0.0982. The van der Waals surface area contributed by atoms with Crippen molar-refractivity contribution in [1.29, 1.82) is 0 Å². The maximum atomic E-state index is 14.0. The van der Waals surface area contributed by atoms with Crippen LogP contribution in [-0.4, -0.2) is 28.3 Å². The van der Waals surface area contributed by atoms with Crippen LogP contribution >= 0.6 is 23.2 Å². The van der Waals surface area contributed by atoms with Crippen LogP contribution in [0.1, 0.15) is 43.9 Å². The van der Waals surface area contributed by atoms with Crippen molar-refractivity contribution < 1.29 is 9.59 Å². The van der Waals surface area contributed by atoms with Gasteiger partial charge in [-0.05, 0) is 66.8 Å². The fourth-order valence-electron chi connectivity index (χ4n) is 4.74. The summed E-state index contributed by atoms with van der Waals surface area (Å²) in [6, 6.07) is 28.7. The smallest absolute Gasteiger partial charge is 0.243 e. The van der Waals surface area contributed by atoms with Crippen LogP contribution in [-0.2, 0) is 29.0 Å². The molecule has 0 heterocycles. The van der Waals surface area contributed by atoms with Crippen LogP contribution < -0.4 is 5.32 Å². The van der Waals surface area contributed by atoms with Gasteiger partial charge in [-0.2, -0.15) is 0 Å². The van der Waals surface area contributed by atoms with E-state index in [0.717, 1.165) is 27.5 Å². The third kappa shape index (κ3) is 7.84. The summed E-state index contributed by atoms with van der Waals surface area (Å²) in [6.45, 7) is 6.06. The van der Waals surface area contributed by atoms with Gasteiger partial charge in [0.1, 0.15) is 6.04 Å². The number of carbonyl (C=O) groups is 2. The Morgan fingerprint density at radius 2 is 1.51 bits per heavy atom. The minimum atomic E-state index is -0.707. The minimum Gasteiger partial charge on any atom is -0.350 e. The summed E-state index contributed by atoms with van der Waals surface area (Å²) in [7, 11) is 0. The van der Waals surface area contributed by atoms with Gasteiger partial charge in [0.05, 0.1) is 10.0 Å². The summed E-state index contributed by atoms with van der Waals surface area (Å²) < 4.78 is 0. The molecule has 2 amide bonds. The average molecular weight is 562 g/mol. The molecule has 0 aliphatic carbocycles. The molecule has 0 unspecified atom stereocenters. The van der Waals surface area contributed by atoms with Gasteiger partial charge >= 0.3 is 0 Å². The number of nitrogens with zero attached hydrogens (tertiary/aromatic N) is 1. The monoisotopic (exact) mass is 560 g/mol. The van der Waals surface area contributed by atoms with Crippen molar-refractivity contribution in [1.82, 2.24) is 10.2 Å². The first-order valence-corrected chi connectivity index (χ1v) is 13.9. The van der Waals surface area contributed by atoms with Crippen LogP contribution in [0.2, 0.25) is 10.0 Å². The van der Waals surface area contributed by atoms with Gasteiger partial charge in [0.15, 0.2) is 0 Å². The molecule has 0 aliphatic heterocycles. The molecule has 6 heteroatoms. The molecule has 4 aromatic rings. The highest BCUT2D eigenvalue weighted by molar-refractivity contribution is 6.42. The lowest BCUT2D eigenvalue weighted by atomic mass is 9.98. The molecule has 1 atom stereocenters. The van der Waals surface area contributed by atoms with Crippen molar-refractivity contribution in [2.75, 3.05) is 0 Å². The molecule has 0 saturated carbocycles. The number of amides is 2. The SMILES string of the molecule is CC(C)(C)NC(=O)[C@H](Cc1ccccc1)N(Cc1ccc(Cl)c(Cl)c1)C(=O)CCc1cccc2ccccc12. The van der Waals surface area contributed by atoms with E-state index >= 15 is 0 Å². The van der Waals surface area contributed by atoms with E-state index < -0.39 is 11.6 Å². The molecule has 0 saturated heterocycles. The van der Waals surface area contributed by atoms with Gasteiger partial charge in [0.2, 0.25) is 11.8 Å². The molecule has 0 aliphatic rings. The van der Waals surface area contributed by atoms with E-state index in [2.05, 4.69) is 29.6 Å². The molecule has 0 fully saturated rings. The Labute approximate surface area is 240 Å². The highest BCUT2D eigenvalue weighted by atomic mass is 35.5. The summed E-state index contributed by atoms with van der Waals surface area (Å²) >= 11 is 12.5. The van der Waals surface area contributed by atoms with E-state index in [0.29, 0.717) is 22.9 Å². The van der Waals surface area contributed by atoms with Crippen LogP contribution in [0.15, 0.2) is 91.0 Å². The van der Waals surface area contributed by atoms with E-state index in [-0.39, 0.29) is 24.8 Å². The van der Waals surface area contributed by atoms with Gasteiger partial charge in [-0.15, -0.1) is 0 Å². The third-order valence-electron chi connectivity index (χ3n) is 6.59. The van der Waals surface area contributed by atoms with Crippen molar-refractivity contribution in [2.24, 2.45) is 0 Å². The molecule has 0 aromatic heterocycles. The molecular formula is C33H34Cl2N2O2. The fourth-order valence-corrected chi connectivity index (χ4v) is 5.06. The second-order valence-electron chi connectivity index (χ2n) is 10.9. The van der Waals surface area contributed by atoms with Gasteiger partial charge in [0.25, 0.3) is 0 Å². The zero-order chi connectivity index (χ0) is 28.0. The maximum absolute atomic E-state index is 14.0. The lowest BCUT2D eigenvalue weighted by Gasteiger charge is -2.34. The first-order valence-electron chi connectivity index (χ1n) is 13.2. The summed E-state index contributed by atoms with van der Waals surface area (Å²) in [5.41, 5.74) is 2.44. The van der Waals surface area contributed by atoms with Crippen molar-refractivity contribution in [3.8, 4) is 0 Å². The predicted molar refractivity (Wildman–Crippen MR) is 161 cm³/mol. The van der Waals surface area contributed by atoms with E-state index in [1.54, 1.807) is 17.0 Å². The van der Waals surface area contributed by atoms with Gasteiger partial charge in [0, 0.05) is 24.9 Å². The lowest BCUT2D eigenvalue weighted by molar-refractivity contribution is -0.141. The van der Waals surface area contributed by atoms with E-state index in [9.17, 15) is 9.59 Å². The Morgan fingerprint density at radius 3 is 2.23 bits per heavy atom. The average Bonchev–Trinajstić information content (AvgIpc) is 2.90. The number of rotatable bonds is 9. The van der Waals surface area contributed by atoms with Crippen molar-refractivity contribution in [3.63, 3.8) is 0 Å². The van der Waals surface area contributed by atoms with Crippen LogP contribution in [0.5, 0.6) is 0 Å². The fraction of sp³-hybridized carbons (Fsp3) is 0.273. The van der Waals surface area contributed by atoms with E-state index in [1.165, 1.54) is 0 Å². The van der Waals surface area contributed by atoms with Gasteiger partial charge in [-0.25, -0.2) is 0 Å². The van der Waals surface area contributed by atoms with Crippen LogP contribution in [0.3, 0.4) is 0 Å². The van der Waals surface area contributed by atoms with E-state index in [1.807, 2.05) is 75.4 Å². The quantitative estimate of drug-likeness (QED) is 0.228. The number of benzene rings is 4.